The van der Waals surface area contributed by atoms with Crippen LogP contribution in [0.5, 0.6) is 0 Å². The number of hydrogen-bond acceptors (Lipinski definition) is 2. The van der Waals surface area contributed by atoms with E-state index in [-0.39, 0.29) is 6.07 Å². The van der Waals surface area contributed by atoms with Crippen LogP contribution in [0.2, 0.25) is 6.82 Å². The van der Waals surface area contributed by atoms with Gasteiger partial charge in [-0.2, -0.15) is 26.3 Å². The maximum atomic E-state index is 12.8. The second-order valence-corrected chi connectivity index (χ2v) is 5.24. The van der Waals surface area contributed by atoms with Crippen LogP contribution in [0.15, 0.2) is 18.2 Å². The van der Waals surface area contributed by atoms with Gasteiger partial charge in [0.05, 0.1) is 22.2 Å². The third-order valence-electron chi connectivity index (χ3n) is 3.84. The van der Waals surface area contributed by atoms with E-state index in [2.05, 4.69) is 0 Å². The molecule has 0 aliphatic rings. The van der Waals surface area contributed by atoms with E-state index >= 15 is 0 Å². The highest BCUT2D eigenvalue weighted by Gasteiger charge is 2.38. The molecule has 1 rings (SSSR count). The van der Waals surface area contributed by atoms with E-state index in [0.29, 0.717) is 25.0 Å². The van der Waals surface area contributed by atoms with Crippen LogP contribution in [0.1, 0.15) is 48.2 Å². The standard InChI is InChI=1S/C15H16BF6O2/c1-4-13(5-2,16-3)24-12(23)9-6-10(14(17,18)19)8-11(7-9)15(20,21)22/h6-8H,4-5H2,1-3H3. The first-order chi connectivity index (χ1) is 10.9. The Morgan fingerprint density at radius 3 is 1.67 bits per heavy atom. The summed E-state index contributed by atoms with van der Waals surface area (Å²) < 4.78 is 82.0. The van der Waals surface area contributed by atoms with Crippen molar-refractivity contribution in [1.29, 1.82) is 0 Å². The molecule has 0 aliphatic carbocycles. The number of benzene rings is 1. The van der Waals surface area contributed by atoms with Crippen molar-refractivity contribution in [2.24, 2.45) is 0 Å². The van der Waals surface area contributed by atoms with Crippen molar-refractivity contribution in [3.63, 3.8) is 0 Å². The normalized spacial score (nSPS) is 12.9. The van der Waals surface area contributed by atoms with Crippen molar-refractivity contribution < 1.29 is 35.9 Å². The van der Waals surface area contributed by atoms with E-state index in [9.17, 15) is 31.1 Å². The van der Waals surface area contributed by atoms with Crippen LogP contribution < -0.4 is 0 Å². The van der Waals surface area contributed by atoms with E-state index < -0.39 is 40.5 Å². The molecule has 0 atom stereocenters. The SMILES string of the molecule is C[B]C(CC)(CC)OC(=O)c1cc(C(F)(F)F)cc(C(F)(F)F)c1. The zero-order valence-corrected chi connectivity index (χ0v) is 13.3. The Morgan fingerprint density at radius 2 is 1.38 bits per heavy atom. The van der Waals surface area contributed by atoms with Crippen molar-refractivity contribution in [3.05, 3.63) is 34.9 Å². The number of alkyl halides is 6. The summed E-state index contributed by atoms with van der Waals surface area (Å²) in [5.41, 5.74) is -4.93. The Balaban J connectivity index is 3.35. The third-order valence-corrected chi connectivity index (χ3v) is 3.84. The molecule has 0 fully saturated rings. The average molecular weight is 353 g/mol. The van der Waals surface area contributed by atoms with Gasteiger partial charge >= 0.3 is 18.3 Å². The molecule has 0 unspecified atom stereocenters. The zero-order valence-electron chi connectivity index (χ0n) is 13.3. The molecule has 1 aromatic rings. The molecule has 0 aliphatic heterocycles. The van der Waals surface area contributed by atoms with Gasteiger partial charge in [-0.25, -0.2) is 4.79 Å². The average Bonchev–Trinajstić information content (AvgIpc) is 2.50. The van der Waals surface area contributed by atoms with Crippen molar-refractivity contribution in [3.8, 4) is 0 Å². The molecule has 2 nitrogen and oxygen atoms in total. The third kappa shape index (κ3) is 4.67. The van der Waals surface area contributed by atoms with Gasteiger partial charge < -0.3 is 4.74 Å². The van der Waals surface area contributed by atoms with Gasteiger partial charge in [-0.15, -0.1) is 0 Å². The van der Waals surface area contributed by atoms with E-state index in [1.807, 2.05) is 0 Å². The van der Waals surface area contributed by atoms with E-state index in [1.54, 1.807) is 28.0 Å². The summed E-state index contributed by atoms with van der Waals surface area (Å²) in [4.78, 5) is 12.1. The fraction of sp³-hybridized carbons (Fsp3) is 0.533. The van der Waals surface area contributed by atoms with Gasteiger partial charge in [-0.05, 0) is 31.0 Å². The molecule has 0 bridgehead atoms. The molecular formula is C15H16BF6O2. The van der Waals surface area contributed by atoms with Gasteiger partial charge in [0.2, 0.25) is 0 Å². The molecule has 0 N–H and O–H groups in total. The number of carbonyl (C=O) groups is 1. The number of hydrogen-bond donors (Lipinski definition) is 0. The largest absolute Gasteiger partial charge is 0.465 e. The molecule has 0 heterocycles. The Bertz CT molecular complexity index is 550. The minimum atomic E-state index is -5.01. The molecule has 1 radical (unpaired) electrons. The lowest BCUT2D eigenvalue weighted by Crippen LogP contribution is -2.39. The second kappa shape index (κ2) is 7.07. The zero-order chi connectivity index (χ0) is 18.8. The number of ether oxygens (including phenoxy) is 1. The molecule has 0 amide bonds. The van der Waals surface area contributed by atoms with Crippen LogP contribution in [0, 0.1) is 0 Å². The van der Waals surface area contributed by atoms with Crippen LogP contribution in [-0.2, 0) is 17.1 Å². The Morgan fingerprint density at radius 1 is 0.958 bits per heavy atom. The lowest BCUT2D eigenvalue weighted by molar-refractivity contribution is -0.143. The van der Waals surface area contributed by atoms with Crippen molar-refractivity contribution >= 4 is 13.2 Å². The van der Waals surface area contributed by atoms with Gasteiger partial charge in [-0.1, -0.05) is 20.7 Å². The van der Waals surface area contributed by atoms with Crippen LogP contribution in [0.25, 0.3) is 0 Å². The summed E-state index contributed by atoms with van der Waals surface area (Å²) in [5, 5.41) is 0. The molecule has 0 saturated carbocycles. The summed E-state index contributed by atoms with van der Waals surface area (Å²) in [5.74, 6) is -1.23. The summed E-state index contributed by atoms with van der Waals surface area (Å²) in [6, 6.07) is 0.697. The molecule has 0 aromatic heterocycles. The number of carbonyl (C=O) groups excluding carboxylic acids is 1. The first kappa shape index (κ1) is 20.4. The molecule has 0 spiro atoms. The fourth-order valence-electron chi connectivity index (χ4n) is 2.18. The van der Waals surface area contributed by atoms with Gasteiger partial charge in [0.1, 0.15) is 0 Å². The van der Waals surface area contributed by atoms with E-state index in [1.165, 1.54) is 0 Å². The number of halogens is 6. The first-order valence-electron chi connectivity index (χ1n) is 7.22. The minimum Gasteiger partial charge on any atom is -0.465 e. The lowest BCUT2D eigenvalue weighted by atomic mass is 9.60. The Kier molecular flexibility index (Phi) is 6.00. The van der Waals surface area contributed by atoms with Gasteiger partial charge in [-0.3, -0.25) is 0 Å². The van der Waals surface area contributed by atoms with Gasteiger partial charge in [0.15, 0.2) is 7.28 Å². The van der Waals surface area contributed by atoms with E-state index in [4.69, 9.17) is 4.74 Å². The van der Waals surface area contributed by atoms with Crippen molar-refractivity contribution in [2.45, 2.75) is 51.4 Å². The monoisotopic (exact) mass is 353 g/mol. The minimum absolute atomic E-state index is 0.0321. The summed E-state index contributed by atoms with van der Waals surface area (Å²) in [7, 11) is 1.56. The number of esters is 1. The highest BCUT2D eigenvalue weighted by molar-refractivity contribution is 6.38. The summed E-state index contributed by atoms with van der Waals surface area (Å²) in [6.07, 6.45) is -9.34. The molecule has 24 heavy (non-hydrogen) atoms. The van der Waals surface area contributed by atoms with Crippen LogP contribution in [0.3, 0.4) is 0 Å². The highest BCUT2D eigenvalue weighted by atomic mass is 19.4. The Labute approximate surface area is 136 Å². The van der Waals surface area contributed by atoms with Crippen LogP contribution in [0.4, 0.5) is 26.3 Å². The fourth-order valence-corrected chi connectivity index (χ4v) is 2.18. The lowest BCUT2D eigenvalue weighted by Gasteiger charge is -2.30. The first-order valence-corrected chi connectivity index (χ1v) is 7.22. The van der Waals surface area contributed by atoms with Gasteiger partial charge in [0.25, 0.3) is 0 Å². The predicted molar refractivity (Wildman–Crippen MR) is 76.8 cm³/mol. The topological polar surface area (TPSA) is 26.3 Å². The smallest absolute Gasteiger partial charge is 0.416 e. The highest BCUT2D eigenvalue weighted by Crippen LogP contribution is 2.36. The second-order valence-electron chi connectivity index (χ2n) is 5.24. The molecule has 0 saturated heterocycles. The summed E-state index contributed by atoms with van der Waals surface area (Å²) >= 11 is 0. The molecule has 133 valence electrons. The van der Waals surface area contributed by atoms with Crippen molar-refractivity contribution in [1.82, 2.24) is 0 Å². The van der Waals surface area contributed by atoms with E-state index in [0.717, 1.165) is 0 Å². The maximum absolute atomic E-state index is 12.8. The maximum Gasteiger partial charge on any atom is 0.416 e. The number of rotatable bonds is 5. The molecule has 1 aromatic carbocycles. The van der Waals surface area contributed by atoms with Crippen molar-refractivity contribution in [2.75, 3.05) is 0 Å². The molecular weight excluding hydrogens is 337 g/mol. The predicted octanol–water partition coefficient (Wildman–Crippen LogP) is 5.15. The van der Waals surface area contributed by atoms with Crippen LogP contribution >= 0.6 is 0 Å². The summed E-state index contributed by atoms with van der Waals surface area (Å²) in [6.45, 7) is 5.00. The van der Waals surface area contributed by atoms with Crippen LogP contribution in [-0.4, -0.2) is 18.7 Å². The quantitative estimate of drug-likeness (QED) is 0.416. The Hall–Kier alpha value is -1.67. The van der Waals surface area contributed by atoms with Gasteiger partial charge in [0, 0.05) is 0 Å². The molecule has 9 heteroatoms.